The van der Waals surface area contributed by atoms with Gasteiger partial charge in [0.15, 0.2) is 0 Å². The maximum Gasteiger partial charge on any atom is 0.243 e. The van der Waals surface area contributed by atoms with Gasteiger partial charge in [-0.3, -0.25) is 4.79 Å². The van der Waals surface area contributed by atoms with Gasteiger partial charge in [0.25, 0.3) is 0 Å². The van der Waals surface area contributed by atoms with Gasteiger partial charge in [-0.2, -0.15) is 0 Å². The largest absolute Gasteiger partial charge is 0.497 e. The number of benzene rings is 2. The standard InChI is InChI=1S/C16H17BrN2O2/c1-11-8-14(21-2)6-7-15(11)18-10-16(20)19-13-5-3-4-12(17)9-13/h3-9,18H,10H2,1-2H3,(H,19,20). The van der Waals surface area contributed by atoms with Crippen molar-refractivity contribution >= 4 is 33.2 Å². The first-order chi connectivity index (χ1) is 10.1. The summed E-state index contributed by atoms with van der Waals surface area (Å²) in [5, 5.41) is 5.96. The lowest BCUT2D eigenvalue weighted by Crippen LogP contribution is -2.22. The molecular weight excluding hydrogens is 332 g/mol. The Bertz CT molecular complexity index is 644. The normalized spacial score (nSPS) is 10.0. The minimum absolute atomic E-state index is 0.0941. The van der Waals surface area contributed by atoms with E-state index >= 15 is 0 Å². The maximum atomic E-state index is 11.9. The van der Waals surface area contributed by atoms with E-state index in [1.165, 1.54) is 0 Å². The van der Waals surface area contributed by atoms with E-state index in [1.54, 1.807) is 7.11 Å². The molecular formula is C16H17BrN2O2. The van der Waals surface area contributed by atoms with Crippen LogP contribution in [0.3, 0.4) is 0 Å². The summed E-state index contributed by atoms with van der Waals surface area (Å²) in [5.41, 5.74) is 2.72. The van der Waals surface area contributed by atoms with Crippen LogP contribution >= 0.6 is 15.9 Å². The molecule has 0 aliphatic rings. The molecule has 0 saturated carbocycles. The summed E-state index contributed by atoms with van der Waals surface area (Å²) in [6.45, 7) is 2.18. The van der Waals surface area contributed by atoms with Crippen molar-refractivity contribution in [3.8, 4) is 5.75 Å². The number of carbonyl (C=O) groups is 1. The Morgan fingerprint density at radius 1 is 1.24 bits per heavy atom. The topological polar surface area (TPSA) is 50.4 Å². The number of ether oxygens (including phenoxy) is 1. The summed E-state index contributed by atoms with van der Waals surface area (Å²) in [7, 11) is 1.63. The minimum Gasteiger partial charge on any atom is -0.497 e. The van der Waals surface area contributed by atoms with E-state index in [2.05, 4.69) is 26.6 Å². The van der Waals surface area contributed by atoms with Gasteiger partial charge >= 0.3 is 0 Å². The van der Waals surface area contributed by atoms with Crippen LogP contribution in [0.4, 0.5) is 11.4 Å². The van der Waals surface area contributed by atoms with Crippen molar-refractivity contribution in [3.63, 3.8) is 0 Å². The lowest BCUT2D eigenvalue weighted by Gasteiger charge is -2.11. The molecule has 0 spiro atoms. The van der Waals surface area contributed by atoms with Gasteiger partial charge < -0.3 is 15.4 Å². The van der Waals surface area contributed by atoms with Crippen LogP contribution in [0.5, 0.6) is 5.75 Å². The highest BCUT2D eigenvalue weighted by Gasteiger charge is 2.05. The van der Waals surface area contributed by atoms with Gasteiger partial charge in [-0.1, -0.05) is 22.0 Å². The second-order valence-electron chi connectivity index (χ2n) is 4.59. The Hall–Kier alpha value is -2.01. The molecule has 0 atom stereocenters. The number of nitrogens with one attached hydrogen (secondary N) is 2. The average Bonchev–Trinajstić information content (AvgIpc) is 2.46. The number of hydrogen-bond donors (Lipinski definition) is 2. The number of hydrogen-bond acceptors (Lipinski definition) is 3. The van der Waals surface area contributed by atoms with Gasteiger partial charge in [0, 0.05) is 15.8 Å². The second-order valence-corrected chi connectivity index (χ2v) is 5.51. The van der Waals surface area contributed by atoms with Crippen LogP contribution in [0, 0.1) is 6.92 Å². The number of carbonyl (C=O) groups excluding carboxylic acids is 1. The summed E-state index contributed by atoms with van der Waals surface area (Å²) in [6.07, 6.45) is 0. The number of methoxy groups -OCH3 is 1. The van der Waals surface area contributed by atoms with Crippen LogP contribution in [0.2, 0.25) is 0 Å². The molecule has 0 unspecified atom stereocenters. The predicted octanol–water partition coefficient (Wildman–Crippen LogP) is 3.82. The lowest BCUT2D eigenvalue weighted by atomic mass is 10.2. The molecule has 110 valence electrons. The SMILES string of the molecule is COc1ccc(NCC(=O)Nc2cccc(Br)c2)c(C)c1. The van der Waals surface area contributed by atoms with Crippen LogP contribution in [-0.4, -0.2) is 19.6 Å². The van der Waals surface area contributed by atoms with Gasteiger partial charge in [-0.25, -0.2) is 0 Å². The van der Waals surface area contributed by atoms with Crippen molar-refractivity contribution in [3.05, 3.63) is 52.5 Å². The molecule has 2 aromatic rings. The van der Waals surface area contributed by atoms with Crippen molar-refractivity contribution in [1.29, 1.82) is 0 Å². The first kappa shape index (κ1) is 15.4. The number of aryl methyl sites for hydroxylation is 1. The fraction of sp³-hybridized carbons (Fsp3) is 0.188. The van der Waals surface area contributed by atoms with Crippen molar-refractivity contribution in [2.24, 2.45) is 0 Å². The van der Waals surface area contributed by atoms with E-state index in [0.717, 1.165) is 27.2 Å². The summed E-state index contributed by atoms with van der Waals surface area (Å²) < 4.78 is 6.08. The molecule has 0 aliphatic heterocycles. The zero-order chi connectivity index (χ0) is 15.2. The monoisotopic (exact) mass is 348 g/mol. The third-order valence-corrected chi connectivity index (χ3v) is 3.47. The number of rotatable bonds is 5. The van der Waals surface area contributed by atoms with Crippen molar-refractivity contribution in [2.45, 2.75) is 6.92 Å². The molecule has 0 aromatic heterocycles. The van der Waals surface area contributed by atoms with E-state index in [4.69, 9.17) is 4.74 Å². The van der Waals surface area contributed by atoms with Gasteiger partial charge in [-0.05, 0) is 48.9 Å². The van der Waals surface area contributed by atoms with Gasteiger partial charge in [0.05, 0.1) is 13.7 Å². The number of anilines is 2. The van der Waals surface area contributed by atoms with E-state index in [0.29, 0.717) is 0 Å². The van der Waals surface area contributed by atoms with E-state index in [1.807, 2.05) is 49.4 Å². The summed E-state index contributed by atoms with van der Waals surface area (Å²) in [6, 6.07) is 13.2. The van der Waals surface area contributed by atoms with Crippen molar-refractivity contribution in [2.75, 3.05) is 24.3 Å². The third-order valence-electron chi connectivity index (χ3n) is 2.98. The van der Waals surface area contributed by atoms with Crippen molar-refractivity contribution in [1.82, 2.24) is 0 Å². The fourth-order valence-electron chi connectivity index (χ4n) is 1.91. The third kappa shape index (κ3) is 4.49. The fourth-order valence-corrected chi connectivity index (χ4v) is 2.31. The molecule has 0 fully saturated rings. The maximum absolute atomic E-state index is 11.9. The van der Waals surface area contributed by atoms with Crippen LogP contribution in [0.1, 0.15) is 5.56 Å². The highest BCUT2D eigenvalue weighted by molar-refractivity contribution is 9.10. The van der Waals surface area contributed by atoms with E-state index in [-0.39, 0.29) is 12.5 Å². The molecule has 5 heteroatoms. The number of amides is 1. The molecule has 0 heterocycles. The van der Waals surface area contributed by atoms with Gasteiger partial charge in [0.1, 0.15) is 5.75 Å². The highest BCUT2D eigenvalue weighted by Crippen LogP contribution is 2.21. The zero-order valence-corrected chi connectivity index (χ0v) is 13.5. The van der Waals surface area contributed by atoms with E-state index in [9.17, 15) is 4.79 Å². The van der Waals surface area contributed by atoms with Crippen molar-refractivity contribution < 1.29 is 9.53 Å². The lowest BCUT2D eigenvalue weighted by molar-refractivity contribution is -0.114. The molecule has 0 bridgehead atoms. The van der Waals surface area contributed by atoms with Crippen LogP contribution in [0.25, 0.3) is 0 Å². The quantitative estimate of drug-likeness (QED) is 0.863. The molecule has 1 amide bonds. The molecule has 0 saturated heterocycles. The summed E-state index contributed by atoms with van der Waals surface area (Å²) in [4.78, 5) is 11.9. The molecule has 4 nitrogen and oxygen atoms in total. The predicted molar refractivity (Wildman–Crippen MR) is 89.0 cm³/mol. The van der Waals surface area contributed by atoms with Crippen LogP contribution in [-0.2, 0) is 4.79 Å². The average molecular weight is 349 g/mol. The summed E-state index contributed by atoms with van der Waals surface area (Å²) in [5.74, 6) is 0.708. The van der Waals surface area contributed by atoms with Gasteiger partial charge in [0.2, 0.25) is 5.91 Å². The molecule has 2 rings (SSSR count). The second kappa shape index (κ2) is 7.13. The Morgan fingerprint density at radius 3 is 2.71 bits per heavy atom. The summed E-state index contributed by atoms with van der Waals surface area (Å²) >= 11 is 3.37. The minimum atomic E-state index is -0.0941. The van der Waals surface area contributed by atoms with E-state index < -0.39 is 0 Å². The first-order valence-electron chi connectivity index (χ1n) is 6.52. The number of halogens is 1. The highest BCUT2D eigenvalue weighted by atomic mass is 79.9. The Morgan fingerprint density at radius 2 is 2.05 bits per heavy atom. The van der Waals surface area contributed by atoms with Gasteiger partial charge in [-0.15, -0.1) is 0 Å². The molecule has 2 aromatic carbocycles. The van der Waals surface area contributed by atoms with Crippen LogP contribution in [0.15, 0.2) is 46.9 Å². The molecule has 21 heavy (non-hydrogen) atoms. The first-order valence-corrected chi connectivity index (χ1v) is 7.31. The Kier molecular flexibility index (Phi) is 5.22. The van der Waals surface area contributed by atoms with Crippen LogP contribution < -0.4 is 15.4 Å². The molecule has 2 N–H and O–H groups in total. The molecule has 0 radical (unpaired) electrons. The zero-order valence-electron chi connectivity index (χ0n) is 11.9. The Balaban J connectivity index is 1.92. The smallest absolute Gasteiger partial charge is 0.243 e. The Labute approximate surface area is 132 Å². The molecule has 0 aliphatic carbocycles.